The van der Waals surface area contributed by atoms with Crippen LogP contribution in [0.5, 0.6) is 0 Å². The first kappa shape index (κ1) is 18.1. The van der Waals surface area contributed by atoms with Crippen LogP contribution in [0.2, 0.25) is 5.02 Å². The molecule has 1 aliphatic carbocycles. The average Bonchev–Trinajstić information content (AvgIpc) is 3.07. The number of carbonyl (C=O) groups is 1. The van der Waals surface area contributed by atoms with E-state index in [2.05, 4.69) is 10.6 Å². The van der Waals surface area contributed by atoms with Crippen molar-refractivity contribution < 1.29 is 9.90 Å². The molecule has 1 aromatic rings. The summed E-state index contributed by atoms with van der Waals surface area (Å²) in [5.74, 6) is -0.150. The van der Waals surface area contributed by atoms with Gasteiger partial charge in [0.2, 0.25) is 0 Å². The summed E-state index contributed by atoms with van der Waals surface area (Å²) in [5, 5.41) is 17.6. The Morgan fingerprint density at radius 2 is 2.11 bits per heavy atom. The van der Waals surface area contributed by atoms with Crippen LogP contribution in [0, 0.1) is 0 Å². The lowest BCUT2D eigenvalue weighted by Crippen LogP contribution is -2.52. The summed E-state index contributed by atoms with van der Waals surface area (Å²) in [5.41, 5.74) is 1.95. The van der Waals surface area contributed by atoms with E-state index in [0.717, 1.165) is 49.1 Å². The third kappa shape index (κ3) is 3.75. The Bertz CT molecular complexity index is 824. The Labute approximate surface area is 164 Å². The zero-order chi connectivity index (χ0) is 18.9. The van der Waals surface area contributed by atoms with Crippen molar-refractivity contribution in [2.45, 2.75) is 43.9 Å². The monoisotopic (exact) mass is 385 g/mol. The zero-order valence-corrected chi connectivity index (χ0v) is 15.9. The fraction of sp³-hybridized carbons (Fsp3) is 0.381. The highest BCUT2D eigenvalue weighted by molar-refractivity contribution is 6.30. The number of allylic oxidation sites excluding steroid dienone is 3. The molecule has 3 N–H and O–H groups in total. The number of hydrogen-bond acceptors (Lipinski definition) is 4. The first-order chi connectivity index (χ1) is 13.1. The van der Waals surface area contributed by atoms with Gasteiger partial charge < -0.3 is 20.6 Å². The van der Waals surface area contributed by atoms with Gasteiger partial charge in [-0.1, -0.05) is 49.1 Å². The Balaban J connectivity index is 1.50. The van der Waals surface area contributed by atoms with E-state index >= 15 is 0 Å². The van der Waals surface area contributed by atoms with Crippen LogP contribution in [0.1, 0.15) is 37.7 Å². The molecule has 1 fully saturated rings. The molecule has 0 bridgehead atoms. The second kappa shape index (κ2) is 7.41. The Hall–Kier alpha value is -2.24. The summed E-state index contributed by atoms with van der Waals surface area (Å²) < 4.78 is 0. The smallest absolute Gasteiger partial charge is 0.263 e. The van der Waals surface area contributed by atoms with Gasteiger partial charge in [-0.25, -0.2) is 0 Å². The van der Waals surface area contributed by atoms with Crippen molar-refractivity contribution in [3.63, 3.8) is 0 Å². The van der Waals surface area contributed by atoms with E-state index in [1.54, 1.807) is 0 Å². The van der Waals surface area contributed by atoms with E-state index in [4.69, 9.17) is 11.6 Å². The lowest BCUT2D eigenvalue weighted by atomic mass is 9.85. The van der Waals surface area contributed by atoms with E-state index in [1.165, 1.54) is 0 Å². The molecule has 5 nitrogen and oxygen atoms in total. The number of rotatable bonds is 4. The van der Waals surface area contributed by atoms with Crippen molar-refractivity contribution in [2.75, 3.05) is 6.54 Å². The Morgan fingerprint density at radius 3 is 2.89 bits per heavy atom. The molecule has 1 atom stereocenters. The molecule has 1 saturated carbocycles. The summed E-state index contributed by atoms with van der Waals surface area (Å²) in [4.78, 5) is 14.8. The largest absolute Gasteiger partial charge is 0.388 e. The number of amides is 1. The number of carbonyl (C=O) groups excluding carboxylic acids is 1. The van der Waals surface area contributed by atoms with Crippen LogP contribution in [0.4, 0.5) is 0 Å². The molecule has 0 radical (unpaired) electrons. The number of benzene rings is 1. The average molecular weight is 386 g/mol. The molecule has 4 rings (SSSR count). The molecule has 142 valence electrons. The van der Waals surface area contributed by atoms with Crippen LogP contribution >= 0.6 is 11.6 Å². The zero-order valence-electron chi connectivity index (χ0n) is 15.1. The molecule has 1 unspecified atom stereocenters. The molecule has 0 spiro atoms. The summed E-state index contributed by atoms with van der Waals surface area (Å²) >= 11 is 6.15. The molecular weight excluding hydrogens is 362 g/mol. The maximum atomic E-state index is 12.9. The van der Waals surface area contributed by atoms with Crippen LogP contribution in [0.15, 0.2) is 54.4 Å². The number of halogens is 1. The van der Waals surface area contributed by atoms with E-state index in [0.29, 0.717) is 11.6 Å². The molecule has 0 aromatic heterocycles. The van der Waals surface area contributed by atoms with Gasteiger partial charge in [0.05, 0.1) is 17.0 Å². The summed E-state index contributed by atoms with van der Waals surface area (Å²) in [7, 11) is 0. The first-order valence-corrected chi connectivity index (χ1v) is 9.84. The minimum Gasteiger partial charge on any atom is -0.388 e. The van der Waals surface area contributed by atoms with Gasteiger partial charge >= 0.3 is 0 Å². The third-order valence-corrected chi connectivity index (χ3v) is 5.68. The van der Waals surface area contributed by atoms with Gasteiger partial charge in [-0.3, -0.25) is 4.79 Å². The number of fused-ring (bicyclic) bond motifs is 1. The molecule has 6 heteroatoms. The van der Waals surface area contributed by atoms with Gasteiger partial charge in [0.1, 0.15) is 0 Å². The van der Waals surface area contributed by atoms with Crippen molar-refractivity contribution in [3.8, 4) is 0 Å². The highest BCUT2D eigenvalue weighted by Gasteiger charge is 2.37. The number of hydrogen-bond donors (Lipinski definition) is 3. The van der Waals surface area contributed by atoms with E-state index < -0.39 is 11.8 Å². The maximum absolute atomic E-state index is 12.9. The van der Waals surface area contributed by atoms with Gasteiger partial charge in [-0.05, 0) is 37.1 Å². The fourth-order valence-electron chi connectivity index (χ4n) is 3.98. The van der Waals surface area contributed by atoms with Gasteiger partial charge in [0.15, 0.2) is 6.17 Å². The normalized spacial score (nSPS) is 23.2. The second-order valence-corrected chi connectivity index (χ2v) is 7.86. The lowest BCUT2D eigenvalue weighted by Gasteiger charge is -2.33. The summed E-state index contributed by atoms with van der Waals surface area (Å²) in [6.45, 7) is 0.291. The molecule has 0 saturated heterocycles. The number of nitrogens with one attached hydrogen (secondary N) is 2. The van der Waals surface area contributed by atoms with Crippen LogP contribution in [0.25, 0.3) is 5.70 Å². The van der Waals surface area contributed by atoms with Crippen molar-refractivity contribution in [1.82, 2.24) is 15.5 Å². The SMILES string of the molecule is O=C(NCC1(O)CCCCC1)C1NC(c2cccc(Cl)c2)=C2C=CC=CN21. The molecular formula is C21H24ClN3O2. The Kier molecular flexibility index (Phi) is 4.98. The van der Waals surface area contributed by atoms with Crippen LogP contribution < -0.4 is 10.6 Å². The Morgan fingerprint density at radius 1 is 1.30 bits per heavy atom. The number of aliphatic hydroxyl groups is 1. The highest BCUT2D eigenvalue weighted by atomic mass is 35.5. The van der Waals surface area contributed by atoms with E-state index in [-0.39, 0.29) is 5.91 Å². The van der Waals surface area contributed by atoms with Crippen molar-refractivity contribution >= 4 is 23.2 Å². The number of nitrogens with zero attached hydrogens (tertiary/aromatic N) is 1. The maximum Gasteiger partial charge on any atom is 0.263 e. The first-order valence-electron chi connectivity index (χ1n) is 9.46. The quantitative estimate of drug-likeness (QED) is 0.745. The topological polar surface area (TPSA) is 64.6 Å². The van der Waals surface area contributed by atoms with Gasteiger partial charge in [-0.2, -0.15) is 0 Å². The van der Waals surface area contributed by atoms with Crippen molar-refractivity contribution in [1.29, 1.82) is 0 Å². The van der Waals surface area contributed by atoms with Gasteiger partial charge in [-0.15, -0.1) is 0 Å². The fourth-order valence-corrected chi connectivity index (χ4v) is 4.17. The molecule has 2 aliphatic heterocycles. The minimum absolute atomic E-state index is 0.150. The third-order valence-electron chi connectivity index (χ3n) is 5.44. The van der Waals surface area contributed by atoms with Gasteiger partial charge in [0.25, 0.3) is 5.91 Å². The molecule has 27 heavy (non-hydrogen) atoms. The molecule has 2 heterocycles. The van der Waals surface area contributed by atoms with E-state index in [9.17, 15) is 9.90 Å². The predicted octanol–water partition coefficient (Wildman–Crippen LogP) is 3.13. The molecule has 1 aromatic carbocycles. The second-order valence-electron chi connectivity index (χ2n) is 7.43. The van der Waals surface area contributed by atoms with Crippen LogP contribution in [0.3, 0.4) is 0 Å². The minimum atomic E-state index is -0.782. The highest BCUT2D eigenvalue weighted by Crippen LogP contribution is 2.32. The lowest BCUT2D eigenvalue weighted by molar-refractivity contribution is -0.126. The summed E-state index contributed by atoms with van der Waals surface area (Å²) in [6, 6.07) is 7.57. The summed E-state index contributed by atoms with van der Waals surface area (Å²) in [6.07, 6.45) is 11.8. The van der Waals surface area contributed by atoms with Crippen molar-refractivity contribution in [2.24, 2.45) is 0 Å². The van der Waals surface area contributed by atoms with Crippen molar-refractivity contribution in [3.05, 3.63) is 65.0 Å². The standard InChI is InChI=1S/C21H24ClN3O2/c22-16-8-6-7-15(13-16)18-17-9-2-5-12-25(17)19(24-18)20(26)23-14-21(27)10-3-1-4-11-21/h2,5-9,12-13,19,24,27H,1,3-4,10-11,14H2,(H,23,26). The predicted molar refractivity (Wildman–Crippen MR) is 106 cm³/mol. The van der Waals surface area contributed by atoms with Crippen LogP contribution in [-0.2, 0) is 4.79 Å². The van der Waals surface area contributed by atoms with Crippen LogP contribution in [-0.4, -0.2) is 34.2 Å². The molecule has 1 amide bonds. The molecule has 3 aliphatic rings. The van der Waals surface area contributed by atoms with Gasteiger partial charge in [0, 0.05) is 23.3 Å². The van der Waals surface area contributed by atoms with E-state index in [1.807, 2.05) is 53.6 Å².